The standard InChI is InChI=1S/C16H19NS/c17-12-16(7-5-13-6-8-18-11-13)9-14-3-1-2-4-15(14)10-16/h1-4,6,8,11H,5,7,9-10,12,17H2. The number of thiophene rings is 1. The third-order valence-corrected chi connectivity index (χ3v) is 4.94. The summed E-state index contributed by atoms with van der Waals surface area (Å²) in [5.74, 6) is 0. The number of fused-ring (bicyclic) bond motifs is 1. The molecule has 1 aliphatic carbocycles. The third-order valence-electron chi connectivity index (χ3n) is 4.21. The van der Waals surface area contributed by atoms with Crippen LogP contribution in [0.25, 0.3) is 0 Å². The first-order chi connectivity index (χ1) is 8.81. The molecule has 1 aliphatic rings. The summed E-state index contributed by atoms with van der Waals surface area (Å²) in [7, 11) is 0. The van der Waals surface area contributed by atoms with E-state index in [0.717, 1.165) is 25.8 Å². The summed E-state index contributed by atoms with van der Waals surface area (Å²) in [4.78, 5) is 0. The Balaban J connectivity index is 1.73. The van der Waals surface area contributed by atoms with Crippen molar-refractivity contribution in [2.45, 2.75) is 25.7 Å². The Labute approximate surface area is 113 Å². The summed E-state index contributed by atoms with van der Waals surface area (Å²) >= 11 is 1.78. The first kappa shape index (κ1) is 11.9. The van der Waals surface area contributed by atoms with Crippen LogP contribution in [0.1, 0.15) is 23.1 Å². The second kappa shape index (κ2) is 4.87. The first-order valence-corrected chi connectivity index (χ1v) is 7.54. The van der Waals surface area contributed by atoms with Gasteiger partial charge in [-0.05, 0) is 71.2 Å². The molecule has 2 N–H and O–H groups in total. The van der Waals surface area contributed by atoms with Crippen molar-refractivity contribution in [3.05, 3.63) is 57.8 Å². The van der Waals surface area contributed by atoms with Crippen LogP contribution in [0.15, 0.2) is 41.1 Å². The lowest BCUT2D eigenvalue weighted by molar-refractivity contribution is 0.291. The molecular formula is C16H19NS. The summed E-state index contributed by atoms with van der Waals surface area (Å²) in [6, 6.07) is 11.0. The number of aryl methyl sites for hydroxylation is 1. The van der Waals surface area contributed by atoms with Crippen LogP contribution >= 0.6 is 11.3 Å². The van der Waals surface area contributed by atoms with Gasteiger partial charge in [0.2, 0.25) is 0 Å². The van der Waals surface area contributed by atoms with E-state index in [2.05, 4.69) is 41.1 Å². The van der Waals surface area contributed by atoms with E-state index >= 15 is 0 Å². The normalized spacial score (nSPS) is 16.7. The highest BCUT2D eigenvalue weighted by Crippen LogP contribution is 2.39. The number of nitrogens with two attached hydrogens (primary N) is 1. The van der Waals surface area contributed by atoms with Gasteiger partial charge in [-0.15, -0.1) is 0 Å². The molecule has 0 aliphatic heterocycles. The van der Waals surface area contributed by atoms with Gasteiger partial charge >= 0.3 is 0 Å². The second-order valence-electron chi connectivity index (χ2n) is 5.46. The van der Waals surface area contributed by atoms with Gasteiger partial charge in [0.25, 0.3) is 0 Å². The van der Waals surface area contributed by atoms with Gasteiger partial charge in [0.1, 0.15) is 0 Å². The van der Waals surface area contributed by atoms with Crippen LogP contribution < -0.4 is 5.73 Å². The van der Waals surface area contributed by atoms with E-state index in [4.69, 9.17) is 5.73 Å². The average molecular weight is 257 g/mol. The van der Waals surface area contributed by atoms with Crippen LogP contribution in [0.3, 0.4) is 0 Å². The molecule has 0 amide bonds. The Morgan fingerprint density at radius 1 is 1.11 bits per heavy atom. The molecule has 2 heteroatoms. The predicted molar refractivity (Wildman–Crippen MR) is 78.0 cm³/mol. The molecule has 0 saturated heterocycles. The molecule has 0 unspecified atom stereocenters. The third kappa shape index (κ3) is 2.23. The Morgan fingerprint density at radius 2 is 1.83 bits per heavy atom. The molecule has 1 nitrogen and oxygen atoms in total. The number of benzene rings is 1. The van der Waals surface area contributed by atoms with Crippen LogP contribution in [-0.4, -0.2) is 6.54 Å². The number of hydrogen-bond acceptors (Lipinski definition) is 2. The molecule has 3 rings (SSSR count). The molecule has 0 radical (unpaired) electrons. The number of hydrogen-bond donors (Lipinski definition) is 1. The molecule has 0 saturated carbocycles. The zero-order valence-electron chi connectivity index (χ0n) is 10.6. The largest absolute Gasteiger partial charge is 0.330 e. The summed E-state index contributed by atoms with van der Waals surface area (Å²) in [6.45, 7) is 0.797. The summed E-state index contributed by atoms with van der Waals surface area (Å²) in [5, 5.41) is 4.42. The van der Waals surface area contributed by atoms with E-state index in [0.29, 0.717) is 5.41 Å². The van der Waals surface area contributed by atoms with Gasteiger partial charge in [-0.25, -0.2) is 0 Å². The molecule has 0 bridgehead atoms. The van der Waals surface area contributed by atoms with Gasteiger partial charge in [0.15, 0.2) is 0 Å². The maximum atomic E-state index is 6.09. The van der Waals surface area contributed by atoms with Crippen LogP contribution in [0.4, 0.5) is 0 Å². The van der Waals surface area contributed by atoms with Gasteiger partial charge in [-0.3, -0.25) is 0 Å². The molecule has 2 aromatic rings. The minimum atomic E-state index is 0.297. The molecule has 0 atom stereocenters. The van der Waals surface area contributed by atoms with Crippen LogP contribution in [0.5, 0.6) is 0 Å². The maximum Gasteiger partial charge on any atom is -0.00140 e. The lowest BCUT2D eigenvalue weighted by Gasteiger charge is -2.27. The van der Waals surface area contributed by atoms with E-state index in [-0.39, 0.29) is 0 Å². The summed E-state index contributed by atoms with van der Waals surface area (Å²) in [5.41, 5.74) is 10.9. The van der Waals surface area contributed by atoms with Crippen LogP contribution in [0.2, 0.25) is 0 Å². The van der Waals surface area contributed by atoms with Crippen LogP contribution in [-0.2, 0) is 19.3 Å². The Bertz CT molecular complexity index is 491. The monoisotopic (exact) mass is 257 g/mol. The topological polar surface area (TPSA) is 26.0 Å². The number of rotatable bonds is 4. The van der Waals surface area contributed by atoms with Gasteiger partial charge in [0, 0.05) is 0 Å². The highest BCUT2D eigenvalue weighted by atomic mass is 32.1. The van der Waals surface area contributed by atoms with Gasteiger partial charge < -0.3 is 5.73 Å². The van der Waals surface area contributed by atoms with Crippen molar-refractivity contribution in [3.8, 4) is 0 Å². The minimum absolute atomic E-state index is 0.297. The average Bonchev–Trinajstić information content (AvgIpc) is 3.03. The smallest absolute Gasteiger partial charge is 0.00140 e. The van der Waals surface area contributed by atoms with Crippen molar-refractivity contribution < 1.29 is 0 Å². The minimum Gasteiger partial charge on any atom is -0.330 e. The van der Waals surface area contributed by atoms with E-state index in [1.807, 2.05) is 0 Å². The summed E-state index contributed by atoms with van der Waals surface area (Å²) in [6.07, 6.45) is 4.68. The SMILES string of the molecule is NCC1(CCc2ccsc2)Cc2ccccc2C1. The zero-order chi connectivity index (χ0) is 12.4. The fourth-order valence-corrected chi connectivity index (χ4v) is 3.74. The molecule has 1 aromatic carbocycles. The molecule has 1 heterocycles. The van der Waals surface area contributed by atoms with E-state index in [9.17, 15) is 0 Å². The van der Waals surface area contributed by atoms with Crippen molar-refractivity contribution in [1.29, 1.82) is 0 Å². The Hall–Kier alpha value is -1.12. The fourth-order valence-electron chi connectivity index (χ4n) is 3.04. The molecule has 18 heavy (non-hydrogen) atoms. The van der Waals surface area contributed by atoms with Gasteiger partial charge in [-0.2, -0.15) is 11.3 Å². The first-order valence-electron chi connectivity index (χ1n) is 6.59. The van der Waals surface area contributed by atoms with Crippen molar-refractivity contribution in [1.82, 2.24) is 0 Å². The van der Waals surface area contributed by atoms with Crippen molar-refractivity contribution in [2.75, 3.05) is 6.54 Å². The van der Waals surface area contributed by atoms with E-state index in [1.54, 1.807) is 11.3 Å². The molecule has 94 valence electrons. The lowest BCUT2D eigenvalue weighted by atomic mass is 9.79. The van der Waals surface area contributed by atoms with Crippen molar-refractivity contribution in [3.63, 3.8) is 0 Å². The van der Waals surface area contributed by atoms with Crippen molar-refractivity contribution in [2.24, 2.45) is 11.1 Å². The molecule has 0 fully saturated rings. The molecule has 1 aromatic heterocycles. The lowest BCUT2D eigenvalue weighted by Crippen LogP contribution is -2.31. The summed E-state index contributed by atoms with van der Waals surface area (Å²) < 4.78 is 0. The predicted octanol–water partition coefficient (Wildman–Crippen LogP) is 3.42. The second-order valence-corrected chi connectivity index (χ2v) is 6.24. The highest BCUT2D eigenvalue weighted by Gasteiger charge is 2.35. The molecular weight excluding hydrogens is 238 g/mol. The van der Waals surface area contributed by atoms with Crippen molar-refractivity contribution >= 4 is 11.3 Å². The highest BCUT2D eigenvalue weighted by molar-refractivity contribution is 7.07. The quantitative estimate of drug-likeness (QED) is 0.892. The van der Waals surface area contributed by atoms with Gasteiger partial charge in [-0.1, -0.05) is 24.3 Å². The van der Waals surface area contributed by atoms with Gasteiger partial charge in [0.05, 0.1) is 0 Å². The Morgan fingerprint density at radius 3 is 2.39 bits per heavy atom. The zero-order valence-corrected chi connectivity index (χ0v) is 11.4. The Kier molecular flexibility index (Phi) is 3.23. The van der Waals surface area contributed by atoms with E-state index < -0.39 is 0 Å². The fraction of sp³-hybridized carbons (Fsp3) is 0.375. The van der Waals surface area contributed by atoms with Crippen LogP contribution in [0, 0.1) is 5.41 Å². The van der Waals surface area contributed by atoms with E-state index in [1.165, 1.54) is 23.1 Å². The maximum absolute atomic E-state index is 6.09. The molecule has 0 spiro atoms.